The van der Waals surface area contributed by atoms with Gasteiger partial charge >= 0.3 is 0 Å². The highest BCUT2D eigenvalue weighted by Crippen LogP contribution is 2.63. The summed E-state index contributed by atoms with van der Waals surface area (Å²) in [7, 11) is 0. The maximum atomic E-state index is 4.57. The Labute approximate surface area is 157 Å². The molecule has 0 atom stereocenters. The topological polar surface area (TPSA) is 116 Å². The highest BCUT2D eigenvalue weighted by atomic mass is 15.1. The summed E-state index contributed by atoms with van der Waals surface area (Å²) in [6.07, 6.45) is 0. The summed E-state index contributed by atoms with van der Waals surface area (Å²) >= 11 is 0. The number of nitrogens with zero attached hydrogens (tertiary/aromatic N) is 9. The fourth-order valence-corrected chi connectivity index (χ4v) is 3.64. The average molecular weight is 363 g/mol. The van der Waals surface area contributed by atoms with E-state index >= 15 is 0 Å². The Balaban J connectivity index is 1.82. The lowest BCUT2D eigenvalue weighted by Crippen LogP contribution is -2.04. The Hall–Kier alpha value is -2.97. The van der Waals surface area contributed by atoms with E-state index in [1.54, 1.807) is 0 Å². The molecule has 9 nitrogen and oxygen atoms in total. The van der Waals surface area contributed by atoms with E-state index < -0.39 is 0 Å². The molecule has 1 fully saturated rings. The lowest BCUT2D eigenvalue weighted by Gasteiger charge is -2.03. The second kappa shape index (κ2) is 6.33. The molecule has 1 saturated carbocycles. The van der Waals surface area contributed by atoms with Crippen molar-refractivity contribution < 1.29 is 0 Å². The molecule has 27 heavy (non-hydrogen) atoms. The van der Waals surface area contributed by atoms with E-state index in [2.05, 4.69) is 44.9 Å². The van der Waals surface area contributed by atoms with Crippen LogP contribution in [0.3, 0.4) is 0 Å². The largest absolute Gasteiger partial charge is 0.219 e. The maximum absolute atomic E-state index is 4.57. The minimum atomic E-state index is 0.00722. The molecule has 1 aliphatic rings. The molecule has 0 bridgehead atoms. The minimum absolute atomic E-state index is 0.00722. The van der Waals surface area contributed by atoms with Gasteiger partial charge in [-0.2, -0.15) is 0 Å². The van der Waals surface area contributed by atoms with Crippen molar-refractivity contribution in [2.45, 2.75) is 59.3 Å². The van der Waals surface area contributed by atoms with Crippen LogP contribution < -0.4 is 0 Å². The average Bonchev–Trinajstić information content (AvgIpc) is 3.27. The zero-order valence-corrected chi connectivity index (χ0v) is 16.3. The molecule has 3 aromatic heterocycles. The van der Waals surface area contributed by atoms with Gasteiger partial charge in [0.25, 0.3) is 0 Å². The highest BCUT2D eigenvalue weighted by molar-refractivity contribution is 5.36. The molecule has 0 spiro atoms. The number of aromatic nitrogens is 9. The van der Waals surface area contributed by atoms with Gasteiger partial charge in [-0.15, -0.1) is 0 Å². The second-order valence-electron chi connectivity index (χ2n) is 6.94. The van der Waals surface area contributed by atoms with E-state index in [1.807, 2.05) is 41.5 Å². The van der Waals surface area contributed by atoms with Crippen molar-refractivity contribution in [2.75, 3.05) is 0 Å². The van der Waals surface area contributed by atoms with E-state index in [0.29, 0.717) is 34.9 Å². The number of hydrogen-bond donors (Lipinski definition) is 0. The van der Waals surface area contributed by atoms with Crippen LogP contribution in [0, 0.1) is 41.5 Å². The normalized spacial score (nSPS) is 21.3. The fraction of sp³-hybridized carbons (Fsp3) is 0.500. The molecule has 0 radical (unpaired) electrons. The van der Waals surface area contributed by atoms with E-state index in [9.17, 15) is 0 Å². The summed E-state index contributed by atoms with van der Waals surface area (Å²) < 4.78 is 0. The Morgan fingerprint density at radius 2 is 0.519 bits per heavy atom. The lowest BCUT2D eigenvalue weighted by atomic mass is 10.2. The third-order valence-electron chi connectivity index (χ3n) is 4.54. The molecule has 0 aliphatic heterocycles. The van der Waals surface area contributed by atoms with E-state index in [1.165, 1.54) is 0 Å². The maximum Gasteiger partial charge on any atom is 0.137 e. The van der Waals surface area contributed by atoms with Crippen LogP contribution in [0.5, 0.6) is 0 Å². The first-order valence-electron chi connectivity index (χ1n) is 8.89. The van der Waals surface area contributed by atoms with Crippen LogP contribution >= 0.6 is 0 Å². The van der Waals surface area contributed by atoms with Gasteiger partial charge in [0.15, 0.2) is 0 Å². The Morgan fingerprint density at radius 3 is 0.704 bits per heavy atom. The predicted octanol–water partition coefficient (Wildman–Crippen LogP) is 1.76. The van der Waals surface area contributed by atoms with Gasteiger partial charge < -0.3 is 0 Å². The minimum Gasteiger partial charge on any atom is -0.219 e. The fourth-order valence-electron chi connectivity index (χ4n) is 3.64. The predicted molar refractivity (Wildman–Crippen MR) is 96.1 cm³/mol. The van der Waals surface area contributed by atoms with Gasteiger partial charge in [-0.05, 0) is 41.5 Å². The van der Waals surface area contributed by atoms with Gasteiger partial charge in [-0.1, -0.05) is 0 Å². The van der Waals surface area contributed by atoms with Crippen molar-refractivity contribution in [3.63, 3.8) is 0 Å². The molecule has 3 heterocycles. The molecular weight excluding hydrogens is 342 g/mol. The SMILES string of the molecule is Cc1nc(C)nc(C2C(c3nc(C)nc(C)n3)C2c2nc(C)nc(C)n2)n1. The van der Waals surface area contributed by atoms with Gasteiger partial charge in [-0.25, -0.2) is 44.9 Å². The molecule has 0 amide bonds. The van der Waals surface area contributed by atoms with E-state index in [4.69, 9.17) is 0 Å². The molecule has 9 heteroatoms. The molecule has 138 valence electrons. The smallest absolute Gasteiger partial charge is 0.137 e. The van der Waals surface area contributed by atoms with Crippen molar-refractivity contribution in [3.8, 4) is 0 Å². The molecular formula is C18H21N9. The van der Waals surface area contributed by atoms with Gasteiger partial charge in [-0.3, -0.25) is 0 Å². The van der Waals surface area contributed by atoms with Gasteiger partial charge in [0.2, 0.25) is 0 Å². The summed E-state index contributed by atoms with van der Waals surface area (Å²) in [5, 5.41) is 0. The van der Waals surface area contributed by atoms with Crippen LogP contribution in [-0.4, -0.2) is 44.9 Å². The summed E-state index contributed by atoms with van der Waals surface area (Å²) in [5.74, 6) is 6.44. The lowest BCUT2D eigenvalue weighted by molar-refractivity contribution is 0.771. The van der Waals surface area contributed by atoms with E-state index in [-0.39, 0.29) is 17.8 Å². The summed E-state index contributed by atoms with van der Waals surface area (Å²) in [6.45, 7) is 11.2. The van der Waals surface area contributed by atoms with Crippen molar-refractivity contribution in [1.29, 1.82) is 0 Å². The van der Waals surface area contributed by atoms with Gasteiger partial charge in [0.1, 0.15) is 52.4 Å². The van der Waals surface area contributed by atoms with Gasteiger partial charge in [0, 0.05) is 17.8 Å². The first-order chi connectivity index (χ1) is 12.8. The molecule has 4 rings (SSSR count). The number of hydrogen-bond acceptors (Lipinski definition) is 9. The highest BCUT2D eigenvalue weighted by Gasteiger charge is 2.58. The number of rotatable bonds is 3. The third kappa shape index (κ3) is 3.36. The monoisotopic (exact) mass is 363 g/mol. The first kappa shape index (κ1) is 17.4. The van der Waals surface area contributed by atoms with Crippen LogP contribution in [0.4, 0.5) is 0 Å². The Kier molecular flexibility index (Phi) is 4.09. The quantitative estimate of drug-likeness (QED) is 0.686. The molecule has 0 N–H and O–H groups in total. The third-order valence-corrected chi connectivity index (χ3v) is 4.54. The van der Waals surface area contributed by atoms with Crippen LogP contribution in [0.2, 0.25) is 0 Å². The van der Waals surface area contributed by atoms with E-state index in [0.717, 1.165) is 17.5 Å². The van der Waals surface area contributed by atoms with Crippen molar-refractivity contribution in [1.82, 2.24) is 44.9 Å². The van der Waals surface area contributed by atoms with Crippen molar-refractivity contribution in [2.24, 2.45) is 0 Å². The molecule has 3 aromatic rings. The van der Waals surface area contributed by atoms with Crippen molar-refractivity contribution >= 4 is 0 Å². The second-order valence-corrected chi connectivity index (χ2v) is 6.94. The van der Waals surface area contributed by atoms with Gasteiger partial charge in [0.05, 0.1) is 0 Å². The Morgan fingerprint density at radius 1 is 0.333 bits per heavy atom. The Bertz CT molecular complexity index is 835. The summed E-state index contributed by atoms with van der Waals surface area (Å²) in [5.41, 5.74) is 0. The van der Waals surface area contributed by atoms with Crippen LogP contribution in [0.25, 0.3) is 0 Å². The zero-order valence-electron chi connectivity index (χ0n) is 16.3. The van der Waals surface area contributed by atoms with Crippen LogP contribution in [0.1, 0.15) is 70.2 Å². The molecule has 0 saturated heterocycles. The molecule has 0 unspecified atom stereocenters. The van der Waals surface area contributed by atoms with Crippen LogP contribution in [-0.2, 0) is 0 Å². The van der Waals surface area contributed by atoms with Crippen molar-refractivity contribution in [3.05, 3.63) is 52.4 Å². The van der Waals surface area contributed by atoms with Crippen LogP contribution in [0.15, 0.2) is 0 Å². The summed E-state index contributed by atoms with van der Waals surface area (Å²) in [4.78, 5) is 40.3. The molecule has 0 aromatic carbocycles. The zero-order chi connectivity index (χ0) is 19.3. The summed E-state index contributed by atoms with van der Waals surface area (Å²) in [6, 6.07) is 0. The standard InChI is InChI=1S/C18H21N9/c1-7-19-8(2)23-16(22-7)13-14(17-24-9(3)20-10(4)25-17)15(13)18-26-11(5)21-12(6)27-18/h13-15H,1-6H3. The number of aryl methyl sites for hydroxylation is 6. The first-order valence-corrected chi connectivity index (χ1v) is 8.89. The molecule has 1 aliphatic carbocycles.